The average Bonchev–Trinajstić information content (AvgIpc) is 2.61. The van der Waals surface area contributed by atoms with Crippen LogP contribution in [-0.4, -0.2) is 32.3 Å². The van der Waals surface area contributed by atoms with Crippen LogP contribution in [0.15, 0.2) is 23.4 Å². The highest BCUT2D eigenvalue weighted by atomic mass is 32.2. The lowest BCUT2D eigenvalue weighted by Crippen LogP contribution is -2.19. The second-order valence-electron chi connectivity index (χ2n) is 3.16. The maximum Gasteiger partial charge on any atom is 0.217 e. The number of aryl methyl sites for hydroxylation is 1. The van der Waals surface area contributed by atoms with Gasteiger partial charge in [0.15, 0.2) is 12.2 Å². The van der Waals surface area contributed by atoms with Gasteiger partial charge in [-0.3, -0.25) is 0 Å². The van der Waals surface area contributed by atoms with E-state index in [4.69, 9.17) is 9.47 Å². The van der Waals surface area contributed by atoms with E-state index >= 15 is 0 Å². The molecule has 0 bridgehead atoms. The van der Waals surface area contributed by atoms with Crippen molar-refractivity contribution in [3.8, 4) is 0 Å². The van der Waals surface area contributed by atoms with Crippen LogP contribution in [0.1, 0.15) is 6.92 Å². The van der Waals surface area contributed by atoms with E-state index in [2.05, 4.69) is 0 Å². The standard InChI is InChI=1S/C9H15NO4S/c1-8(13-3)14-7-15(11,12)9-5-4-6-10(9)2/h4-6,8H,7H2,1-3H3. The molecule has 6 heteroatoms. The fourth-order valence-corrected chi connectivity index (χ4v) is 2.36. The van der Waals surface area contributed by atoms with Crippen LogP contribution in [0.4, 0.5) is 0 Å². The van der Waals surface area contributed by atoms with E-state index in [-0.39, 0.29) is 11.0 Å². The zero-order valence-corrected chi connectivity index (χ0v) is 9.82. The fraction of sp³-hybridized carbons (Fsp3) is 0.556. The van der Waals surface area contributed by atoms with Gasteiger partial charge in [-0.15, -0.1) is 0 Å². The molecule has 0 aromatic carbocycles. The van der Waals surface area contributed by atoms with Crippen molar-refractivity contribution in [2.75, 3.05) is 13.0 Å². The highest BCUT2D eigenvalue weighted by Crippen LogP contribution is 2.11. The molecule has 1 heterocycles. The Morgan fingerprint density at radius 2 is 2.20 bits per heavy atom. The Labute approximate surface area is 89.5 Å². The lowest BCUT2D eigenvalue weighted by atomic mass is 10.7. The van der Waals surface area contributed by atoms with Gasteiger partial charge >= 0.3 is 0 Å². The topological polar surface area (TPSA) is 57.5 Å². The van der Waals surface area contributed by atoms with Gasteiger partial charge in [-0.05, 0) is 19.1 Å². The van der Waals surface area contributed by atoms with E-state index in [1.807, 2.05) is 0 Å². The highest BCUT2D eigenvalue weighted by molar-refractivity contribution is 7.91. The summed E-state index contributed by atoms with van der Waals surface area (Å²) in [5, 5.41) is 0.241. The minimum atomic E-state index is -3.39. The van der Waals surface area contributed by atoms with E-state index < -0.39 is 16.1 Å². The molecule has 0 aliphatic carbocycles. The van der Waals surface area contributed by atoms with Crippen molar-refractivity contribution in [2.45, 2.75) is 18.2 Å². The molecule has 0 radical (unpaired) electrons. The molecule has 1 aromatic rings. The van der Waals surface area contributed by atoms with Crippen LogP contribution >= 0.6 is 0 Å². The lowest BCUT2D eigenvalue weighted by molar-refractivity contribution is -0.0953. The van der Waals surface area contributed by atoms with Crippen LogP contribution in [0.25, 0.3) is 0 Å². The monoisotopic (exact) mass is 233 g/mol. The molecule has 0 fully saturated rings. The third-order valence-corrected chi connectivity index (χ3v) is 3.51. The summed E-state index contributed by atoms with van der Waals surface area (Å²) in [6.07, 6.45) is 1.15. The molecule has 0 aliphatic rings. The Morgan fingerprint density at radius 1 is 1.53 bits per heavy atom. The largest absolute Gasteiger partial charge is 0.356 e. The summed E-state index contributed by atoms with van der Waals surface area (Å²) >= 11 is 0. The quantitative estimate of drug-likeness (QED) is 0.705. The number of nitrogens with zero attached hydrogens (tertiary/aromatic N) is 1. The summed E-state index contributed by atoms with van der Waals surface area (Å²) in [6, 6.07) is 3.21. The number of methoxy groups -OCH3 is 1. The van der Waals surface area contributed by atoms with Gasteiger partial charge in [0, 0.05) is 20.4 Å². The van der Waals surface area contributed by atoms with Gasteiger partial charge in [0.05, 0.1) is 0 Å². The number of ether oxygens (including phenoxy) is 2. The van der Waals surface area contributed by atoms with E-state index in [0.29, 0.717) is 0 Å². The Morgan fingerprint density at radius 3 is 2.67 bits per heavy atom. The third kappa shape index (κ3) is 3.05. The molecule has 0 saturated carbocycles. The summed E-state index contributed by atoms with van der Waals surface area (Å²) in [5.74, 6) is -0.375. The van der Waals surface area contributed by atoms with Gasteiger partial charge in [-0.2, -0.15) is 0 Å². The zero-order chi connectivity index (χ0) is 11.5. The fourth-order valence-electron chi connectivity index (χ4n) is 1.08. The van der Waals surface area contributed by atoms with Crippen LogP contribution in [0.3, 0.4) is 0 Å². The first-order valence-electron chi connectivity index (χ1n) is 4.46. The molecule has 0 spiro atoms. The van der Waals surface area contributed by atoms with Gasteiger partial charge in [0.2, 0.25) is 9.84 Å². The molecule has 1 unspecified atom stereocenters. The first-order chi connectivity index (χ1) is 6.97. The Balaban J connectivity index is 2.73. The van der Waals surface area contributed by atoms with Gasteiger partial charge in [0.1, 0.15) is 5.03 Å². The molecule has 15 heavy (non-hydrogen) atoms. The summed E-state index contributed by atoms with van der Waals surface area (Å²) in [4.78, 5) is 0. The van der Waals surface area contributed by atoms with Gasteiger partial charge < -0.3 is 14.0 Å². The second kappa shape index (κ2) is 4.78. The van der Waals surface area contributed by atoms with Crippen LogP contribution in [-0.2, 0) is 26.4 Å². The second-order valence-corrected chi connectivity index (χ2v) is 5.04. The number of hydrogen-bond donors (Lipinski definition) is 0. The molecule has 0 aliphatic heterocycles. The van der Waals surface area contributed by atoms with Gasteiger partial charge in [-0.1, -0.05) is 0 Å². The predicted molar refractivity (Wildman–Crippen MR) is 55.0 cm³/mol. The molecule has 86 valence electrons. The Kier molecular flexibility index (Phi) is 3.90. The minimum absolute atomic E-state index is 0.241. The predicted octanol–water partition coefficient (Wildman–Crippen LogP) is 0.765. The van der Waals surface area contributed by atoms with E-state index in [0.717, 1.165) is 0 Å². The van der Waals surface area contributed by atoms with Crippen LogP contribution in [0, 0.1) is 0 Å². The maximum atomic E-state index is 11.7. The molecule has 1 atom stereocenters. The first-order valence-corrected chi connectivity index (χ1v) is 6.11. The van der Waals surface area contributed by atoms with Crippen molar-refractivity contribution in [2.24, 2.45) is 7.05 Å². The summed E-state index contributed by atoms with van der Waals surface area (Å²) in [7, 11) is -0.261. The normalized spacial score (nSPS) is 14.1. The molecular weight excluding hydrogens is 218 g/mol. The van der Waals surface area contributed by atoms with Crippen LogP contribution in [0.2, 0.25) is 0 Å². The van der Waals surface area contributed by atoms with Crippen LogP contribution < -0.4 is 0 Å². The zero-order valence-electron chi connectivity index (χ0n) is 9.00. The Hall–Kier alpha value is -0.850. The van der Waals surface area contributed by atoms with Crippen molar-refractivity contribution in [1.82, 2.24) is 4.57 Å². The summed E-state index contributed by atoms with van der Waals surface area (Å²) < 4.78 is 34.8. The molecular formula is C9H15NO4S. The molecule has 0 saturated heterocycles. The van der Waals surface area contributed by atoms with Gasteiger partial charge in [0.25, 0.3) is 0 Å². The SMILES string of the molecule is COC(C)OCS(=O)(=O)c1cccn1C. The number of rotatable bonds is 5. The van der Waals surface area contributed by atoms with Gasteiger partial charge in [-0.25, -0.2) is 8.42 Å². The third-order valence-electron chi connectivity index (χ3n) is 2.00. The van der Waals surface area contributed by atoms with E-state index in [1.165, 1.54) is 17.7 Å². The van der Waals surface area contributed by atoms with Crippen LogP contribution in [0.5, 0.6) is 0 Å². The van der Waals surface area contributed by atoms with Crippen molar-refractivity contribution in [1.29, 1.82) is 0 Å². The molecule has 5 nitrogen and oxygen atoms in total. The minimum Gasteiger partial charge on any atom is -0.356 e. The highest BCUT2D eigenvalue weighted by Gasteiger charge is 2.18. The molecule has 0 amide bonds. The smallest absolute Gasteiger partial charge is 0.217 e. The molecule has 1 aromatic heterocycles. The van der Waals surface area contributed by atoms with Crippen molar-refractivity contribution in [3.63, 3.8) is 0 Å². The molecule has 1 rings (SSSR count). The van der Waals surface area contributed by atoms with Crippen molar-refractivity contribution >= 4 is 9.84 Å². The Bertz CT molecular complexity index is 410. The summed E-state index contributed by atoms with van der Waals surface area (Å²) in [5.41, 5.74) is 0. The molecule has 0 N–H and O–H groups in total. The lowest BCUT2D eigenvalue weighted by Gasteiger charge is -2.11. The number of aromatic nitrogens is 1. The maximum absolute atomic E-state index is 11.7. The van der Waals surface area contributed by atoms with Crippen molar-refractivity contribution in [3.05, 3.63) is 18.3 Å². The average molecular weight is 233 g/mol. The summed E-state index contributed by atoms with van der Waals surface area (Å²) in [6.45, 7) is 1.64. The number of sulfone groups is 1. The van der Waals surface area contributed by atoms with E-state index in [1.54, 1.807) is 26.2 Å². The first kappa shape index (κ1) is 12.2. The van der Waals surface area contributed by atoms with Crippen molar-refractivity contribution < 1.29 is 17.9 Å². The van der Waals surface area contributed by atoms with E-state index in [9.17, 15) is 8.42 Å². The number of hydrogen-bond acceptors (Lipinski definition) is 4.